The average Bonchev–Trinajstić information content (AvgIpc) is 3.40. The molecule has 0 aliphatic heterocycles. The van der Waals surface area contributed by atoms with Crippen molar-refractivity contribution in [3.63, 3.8) is 0 Å². The van der Waals surface area contributed by atoms with E-state index in [1.165, 1.54) is 28.6 Å². The normalized spacial score (nSPS) is 10.9. The number of amides is 1. The van der Waals surface area contributed by atoms with Gasteiger partial charge in [-0.05, 0) is 48.4 Å². The first-order valence-corrected chi connectivity index (χ1v) is 10.6. The molecule has 0 saturated heterocycles. The van der Waals surface area contributed by atoms with Crippen molar-refractivity contribution in [1.82, 2.24) is 25.1 Å². The van der Waals surface area contributed by atoms with Gasteiger partial charge in [0.15, 0.2) is 0 Å². The number of aryl methyl sites for hydroxylation is 1. The Balaban J connectivity index is 1.43. The van der Waals surface area contributed by atoms with Crippen LogP contribution in [0.2, 0.25) is 0 Å². The van der Waals surface area contributed by atoms with Crippen molar-refractivity contribution < 1.29 is 9.18 Å². The van der Waals surface area contributed by atoms with Crippen LogP contribution in [0.4, 0.5) is 10.1 Å². The van der Waals surface area contributed by atoms with Crippen LogP contribution in [0.3, 0.4) is 0 Å². The van der Waals surface area contributed by atoms with Crippen LogP contribution in [0.15, 0.2) is 59.8 Å². The van der Waals surface area contributed by atoms with Gasteiger partial charge in [-0.3, -0.25) is 9.89 Å². The van der Waals surface area contributed by atoms with Crippen molar-refractivity contribution >= 4 is 23.4 Å². The van der Waals surface area contributed by atoms with Crippen LogP contribution in [-0.2, 0) is 11.2 Å². The molecule has 0 spiro atoms. The van der Waals surface area contributed by atoms with E-state index in [0.717, 1.165) is 23.2 Å². The Kier molecular flexibility index (Phi) is 5.99. The fourth-order valence-corrected chi connectivity index (χ4v) is 3.69. The number of rotatable bonds is 7. The molecule has 0 radical (unpaired) electrons. The second-order valence-electron chi connectivity index (χ2n) is 6.70. The number of nitrogens with one attached hydrogen (secondary N) is 2. The molecular formula is C21H20FN7OS. The average molecular weight is 438 g/mol. The lowest BCUT2D eigenvalue weighted by Gasteiger charge is -2.09. The Morgan fingerprint density at radius 3 is 2.74 bits per heavy atom. The van der Waals surface area contributed by atoms with E-state index in [2.05, 4.69) is 25.7 Å². The van der Waals surface area contributed by atoms with Crippen molar-refractivity contribution in [3.05, 3.63) is 66.0 Å². The third kappa shape index (κ3) is 4.58. The number of aromatic amines is 1. The van der Waals surface area contributed by atoms with Gasteiger partial charge >= 0.3 is 0 Å². The number of halogens is 1. The maximum absolute atomic E-state index is 13.1. The summed E-state index contributed by atoms with van der Waals surface area (Å²) >= 11 is 1.18. The van der Waals surface area contributed by atoms with Crippen LogP contribution in [0.5, 0.6) is 0 Å². The zero-order valence-electron chi connectivity index (χ0n) is 16.7. The van der Waals surface area contributed by atoms with E-state index in [1.807, 2.05) is 31.2 Å². The molecular weight excluding hydrogens is 417 g/mol. The lowest BCUT2D eigenvalue weighted by molar-refractivity contribution is -0.113. The molecule has 1 amide bonds. The number of nitrogens with zero attached hydrogens (tertiary/aromatic N) is 4. The van der Waals surface area contributed by atoms with Crippen molar-refractivity contribution in [2.24, 2.45) is 0 Å². The Labute approximate surface area is 182 Å². The van der Waals surface area contributed by atoms with Gasteiger partial charge in [0.2, 0.25) is 16.9 Å². The number of hydrogen-bond acceptors (Lipinski definition) is 6. The van der Waals surface area contributed by atoms with Gasteiger partial charge in [-0.15, -0.1) is 10.2 Å². The number of carbonyl (C=O) groups excluding carboxylic acids is 1. The van der Waals surface area contributed by atoms with E-state index >= 15 is 0 Å². The first-order chi connectivity index (χ1) is 15.0. The minimum Gasteiger partial charge on any atom is -0.335 e. The zero-order chi connectivity index (χ0) is 21.8. The summed E-state index contributed by atoms with van der Waals surface area (Å²) in [5.74, 6) is 6.17. The summed E-state index contributed by atoms with van der Waals surface area (Å²) in [6, 6.07) is 15.5. The highest BCUT2D eigenvalue weighted by Gasteiger charge is 2.16. The number of hydrogen-bond donors (Lipinski definition) is 3. The molecule has 4 rings (SSSR count). The largest absolute Gasteiger partial charge is 0.335 e. The summed E-state index contributed by atoms with van der Waals surface area (Å²) in [5.41, 5.74) is 3.81. The molecule has 0 atom stereocenters. The fourth-order valence-electron chi connectivity index (χ4n) is 3.03. The quantitative estimate of drug-likeness (QED) is 0.301. The van der Waals surface area contributed by atoms with Gasteiger partial charge in [0.05, 0.1) is 11.4 Å². The molecule has 4 N–H and O–H groups in total. The number of H-pyrrole nitrogens is 1. The van der Waals surface area contributed by atoms with Gasteiger partial charge in [0.25, 0.3) is 0 Å². The SMILES string of the molecule is CCc1ccccc1NC(=O)CSc1nnc(-c2cc(-c3ccc(F)cc3)n[nH]2)n1N. The number of nitrogen functional groups attached to an aromatic ring is 1. The highest BCUT2D eigenvalue weighted by Crippen LogP contribution is 2.25. The van der Waals surface area contributed by atoms with E-state index in [4.69, 9.17) is 5.84 Å². The molecule has 8 nitrogen and oxygen atoms in total. The first kappa shape index (κ1) is 20.6. The summed E-state index contributed by atoms with van der Waals surface area (Å²) < 4.78 is 14.4. The highest BCUT2D eigenvalue weighted by molar-refractivity contribution is 7.99. The minimum absolute atomic E-state index is 0.136. The summed E-state index contributed by atoms with van der Waals surface area (Å²) in [4.78, 5) is 12.4. The monoisotopic (exact) mass is 437 g/mol. The topological polar surface area (TPSA) is 115 Å². The Hall–Kier alpha value is -3.66. The van der Waals surface area contributed by atoms with Crippen LogP contribution in [-0.4, -0.2) is 36.7 Å². The van der Waals surface area contributed by atoms with Gasteiger partial charge < -0.3 is 11.2 Å². The highest BCUT2D eigenvalue weighted by atomic mass is 32.2. The van der Waals surface area contributed by atoms with Crippen molar-refractivity contribution in [2.75, 3.05) is 16.9 Å². The molecule has 31 heavy (non-hydrogen) atoms. The van der Waals surface area contributed by atoms with Crippen LogP contribution in [0, 0.1) is 5.82 Å². The second kappa shape index (κ2) is 9.00. The minimum atomic E-state index is -0.315. The van der Waals surface area contributed by atoms with E-state index in [1.54, 1.807) is 18.2 Å². The number of aromatic nitrogens is 5. The molecule has 158 valence electrons. The Morgan fingerprint density at radius 1 is 1.19 bits per heavy atom. The number of thioether (sulfide) groups is 1. The molecule has 0 saturated carbocycles. The maximum atomic E-state index is 13.1. The number of nitrogens with two attached hydrogens (primary N) is 1. The third-order valence-corrected chi connectivity index (χ3v) is 5.57. The van der Waals surface area contributed by atoms with Crippen molar-refractivity contribution in [3.8, 4) is 22.8 Å². The molecule has 0 aliphatic carbocycles. The van der Waals surface area contributed by atoms with Crippen LogP contribution in [0.1, 0.15) is 12.5 Å². The van der Waals surface area contributed by atoms with E-state index in [0.29, 0.717) is 22.4 Å². The Bertz CT molecular complexity index is 1200. The summed E-state index contributed by atoms with van der Waals surface area (Å²) in [6.45, 7) is 2.04. The van der Waals surface area contributed by atoms with E-state index in [-0.39, 0.29) is 17.5 Å². The molecule has 0 aliphatic rings. The van der Waals surface area contributed by atoms with Crippen LogP contribution in [0.25, 0.3) is 22.8 Å². The van der Waals surface area contributed by atoms with Gasteiger partial charge in [-0.2, -0.15) is 5.10 Å². The zero-order valence-corrected chi connectivity index (χ0v) is 17.5. The predicted molar refractivity (Wildman–Crippen MR) is 118 cm³/mol. The summed E-state index contributed by atoms with van der Waals surface area (Å²) in [7, 11) is 0. The molecule has 0 bridgehead atoms. The number of carbonyl (C=O) groups is 1. The van der Waals surface area contributed by atoms with Gasteiger partial charge in [0, 0.05) is 11.3 Å². The van der Waals surface area contributed by atoms with Gasteiger partial charge in [-0.25, -0.2) is 9.07 Å². The molecule has 2 aromatic carbocycles. The van der Waals surface area contributed by atoms with E-state index in [9.17, 15) is 9.18 Å². The molecule has 4 aromatic rings. The maximum Gasteiger partial charge on any atom is 0.234 e. The fraction of sp³-hybridized carbons (Fsp3) is 0.143. The summed E-state index contributed by atoms with van der Waals surface area (Å²) in [5, 5.41) is 18.6. The smallest absolute Gasteiger partial charge is 0.234 e. The Morgan fingerprint density at radius 2 is 1.97 bits per heavy atom. The predicted octanol–water partition coefficient (Wildman–Crippen LogP) is 3.48. The first-order valence-electron chi connectivity index (χ1n) is 9.58. The van der Waals surface area contributed by atoms with E-state index < -0.39 is 0 Å². The molecule has 2 heterocycles. The summed E-state index contributed by atoms with van der Waals surface area (Å²) in [6.07, 6.45) is 0.828. The van der Waals surface area contributed by atoms with Gasteiger partial charge in [-0.1, -0.05) is 36.9 Å². The van der Waals surface area contributed by atoms with Crippen LogP contribution >= 0.6 is 11.8 Å². The van der Waals surface area contributed by atoms with Crippen molar-refractivity contribution in [2.45, 2.75) is 18.5 Å². The third-order valence-electron chi connectivity index (χ3n) is 4.63. The molecule has 10 heteroatoms. The number of anilines is 1. The van der Waals surface area contributed by atoms with Crippen molar-refractivity contribution in [1.29, 1.82) is 0 Å². The van der Waals surface area contributed by atoms with Gasteiger partial charge in [0.1, 0.15) is 11.5 Å². The number of benzene rings is 2. The molecule has 0 unspecified atom stereocenters. The standard InChI is InChI=1S/C21H20FN7OS/c1-2-13-5-3-4-6-16(13)24-19(30)12-31-21-28-27-20(29(21)23)18-11-17(25-26-18)14-7-9-15(22)10-8-14/h3-11H,2,12,23H2,1H3,(H,24,30)(H,25,26). The van der Waals surface area contributed by atoms with Crippen LogP contribution < -0.4 is 11.2 Å². The lowest BCUT2D eigenvalue weighted by atomic mass is 10.1. The lowest BCUT2D eigenvalue weighted by Crippen LogP contribution is -2.17. The molecule has 0 fully saturated rings. The molecule has 2 aromatic heterocycles. The number of para-hydroxylation sites is 1. The second-order valence-corrected chi connectivity index (χ2v) is 7.64.